The summed E-state index contributed by atoms with van der Waals surface area (Å²) < 4.78 is 0. The van der Waals surface area contributed by atoms with Gasteiger partial charge in [0.1, 0.15) is 0 Å². The van der Waals surface area contributed by atoms with Crippen LogP contribution in [0.1, 0.15) is 12.8 Å². The summed E-state index contributed by atoms with van der Waals surface area (Å²) in [7, 11) is 1.81. The Hall–Kier alpha value is -2.08. The van der Waals surface area contributed by atoms with Crippen LogP contribution in [0.2, 0.25) is 0 Å². The molecule has 1 heterocycles. The molecule has 0 saturated carbocycles. The Morgan fingerprint density at radius 1 is 1.31 bits per heavy atom. The van der Waals surface area contributed by atoms with Crippen molar-refractivity contribution < 1.29 is 4.84 Å². The van der Waals surface area contributed by atoms with Gasteiger partial charge in [-0.15, -0.1) is 11.5 Å². The second kappa shape index (κ2) is 4.63. The Morgan fingerprint density at radius 2 is 2.06 bits per heavy atom. The van der Waals surface area contributed by atoms with Crippen molar-refractivity contribution in [3.05, 3.63) is 59.0 Å². The molecule has 0 radical (unpaired) electrons. The molecule has 82 valence electrons. The normalized spacial score (nSPS) is 27.1. The molecule has 0 aromatic rings. The fraction of sp³-hybridized carbons (Fsp3) is 0.231. The number of rotatable bonds is 0. The molecule has 3 nitrogen and oxygen atoms in total. The van der Waals surface area contributed by atoms with E-state index in [0.717, 1.165) is 24.2 Å². The Balaban J connectivity index is 2.42. The predicted molar refractivity (Wildman–Crippen MR) is 62.7 cm³/mol. The number of allylic oxidation sites excluding steroid dienone is 4. The fourth-order valence-corrected chi connectivity index (χ4v) is 1.56. The summed E-state index contributed by atoms with van der Waals surface area (Å²) in [5, 5.41) is 1.60. The van der Waals surface area contributed by atoms with Crippen LogP contribution >= 0.6 is 0 Å². The van der Waals surface area contributed by atoms with E-state index in [-0.39, 0.29) is 0 Å². The zero-order chi connectivity index (χ0) is 11.4. The zero-order valence-electron chi connectivity index (χ0n) is 9.23. The minimum absolute atomic E-state index is 0.631. The lowest BCUT2D eigenvalue weighted by atomic mass is 10.0. The van der Waals surface area contributed by atoms with Crippen LogP contribution in [0.3, 0.4) is 0 Å². The second-order valence-corrected chi connectivity index (χ2v) is 3.64. The summed E-state index contributed by atoms with van der Waals surface area (Å²) >= 11 is 0. The molecule has 0 aromatic heterocycles. The van der Waals surface area contributed by atoms with Gasteiger partial charge in [0.2, 0.25) is 0 Å². The van der Waals surface area contributed by atoms with Gasteiger partial charge in [0.05, 0.1) is 11.9 Å². The van der Waals surface area contributed by atoms with Crippen molar-refractivity contribution in [3.63, 3.8) is 0 Å². The highest BCUT2D eigenvalue weighted by Crippen LogP contribution is 2.23. The maximum absolute atomic E-state index is 5.96. The number of hydrogen-bond donors (Lipinski definition) is 1. The minimum atomic E-state index is 0.631. The van der Waals surface area contributed by atoms with Gasteiger partial charge in [-0.05, 0) is 42.7 Å². The molecule has 16 heavy (non-hydrogen) atoms. The van der Waals surface area contributed by atoms with Crippen LogP contribution in [-0.4, -0.2) is 12.1 Å². The third-order valence-electron chi connectivity index (χ3n) is 2.37. The fourth-order valence-electron chi connectivity index (χ4n) is 1.56. The first-order chi connectivity index (χ1) is 7.77. The van der Waals surface area contributed by atoms with Crippen molar-refractivity contribution >= 4 is 0 Å². The van der Waals surface area contributed by atoms with Gasteiger partial charge >= 0.3 is 0 Å². The molecule has 0 saturated heterocycles. The summed E-state index contributed by atoms with van der Waals surface area (Å²) in [5.74, 6) is 0.741. The highest BCUT2D eigenvalue weighted by molar-refractivity contribution is 5.34. The highest BCUT2D eigenvalue weighted by atomic mass is 16.7. The Kier molecular flexibility index (Phi) is 3.02. The Bertz CT molecular complexity index is 470. The number of nitrogens with two attached hydrogens (primary N) is 1. The molecule has 2 aliphatic rings. The third-order valence-corrected chi connectivity index (χ3v) is 2.37. The van der Waals surface area contributed by atoms with E-state index in [9.17, 15) is 0 Å². The van der Waals surface area contributed by atoms with Crippen LogP contribution in [-0.2, 0) is 4.84 Å². The van der Waals surface area contributed by atoms with Gasteiger partial charge < -0.3 is 10.6 Å². The van der Waals surface area contributed by atoms with E-state index < -0.39 is 0 Å². The van der Waals surface area contributed by atoms with Crippen molar-refractivity contribution in [2.75, 3.05) is 7.05 Å². The predicted octanol–water partition coefficient (Wildman–Crippen LogP) is 2.13. The van der Waals surface area contributed by atoms with E-state index in [1.54, 1.807) is 23.4 Å². The first-order valence-electron chi connectivity index (χ1n) is 5.18. The van der Waals surface area contributed by atoms with Gasteiger partial charge in [-0.1, -0.05) is 0 Å². The maximum atomic E-state index is 5.96. The summed E-state index contributed by atoms with van der Waals surface area (Å²) in [4.78, 5) is 5.66. The molecule has 0 amide bonds. The lowest BCUT2D eigenvalue weighted by Gasteiger charge is -2.21. The second-order valence-electron chi connectivity index (χ2n) is 3.64. The first-order valence-corrected chi connectivity index (χ1v) is 5.18. The van der Waals surface area contributed by atoms with Crippen LogP contribution in [0, 0.1) is 0 Å². The molecule has 0 fully saturated rings. The minimum Gasteiger partial charge on any atom is -0.396 e. The van der Waals surface area contributed by atoms with Crippen LogP contribution in [0.25, 0.3) is 0 Å². The molecule has 2 rings (SSSR count). The monoisotopic (exact) mass is 214 g/mol. The molecule has 2 N–H and O–H groups in total. The van der Waals surface area contributed by atoms with E-state index in [1.165, 1.54) is 0 Å². The van der Waals surface area contributed by atoms with Crippen LogP contribution < -0.4 is 5.73 Å². The van der Waals surface area contributed by atoms with Gasteiger partial charge in [-0.2, -0.15) is 0 Å². The van der Waals surface area contributed by atoms with Crippen molar-refractivity contribution in [1.82, 2.24) is 5.06 Å². The maximum Gasteiger partial charge on any atom is 0.178 e. The summed E-state index contributed by atoms with van der Waals surface area (Å²) in [6.45, 7) is 0. The quantitative estimate of drug-likeness (QED) is 0.628. The van der Waals surface area contributed by atoms with E-state index in [1.807, 2.05) is 19.2 Å². The molecule has 3 heteroatoms. The molecular formula is C13H14N2O. The van der Waals surface area contributed by atoms with E-state index in [4.69, 9.17) is 10.6 Å². The molecule has 0 unspecified atom stereocenters. The van der Waals surface area contributed by atoms with Crippen LogP contribution in [0.5, 0.6) is 0 Å². The standard InChI is InChI=1S/C13H14N2O/c1-15-10-6-5-8-11-7-3-2-4-9-12(14)13(11)16-15/h3-5,9-10H,7-8,14H2,1H3/b12-9+,13-11-. The molecule has 0 aromatic carbocycles. The number of nitrogens with zero attached hydrogens (tertiary/aromatic N) is 1. The number of hydrogen-bond acceptors (Lipinski definition) is 3. The average molecular weight is 214 g/mol. The lowest BCUT2D eigenvalue weighted by molar-refractivity contribution is -0.0499. The van der Waals surface area contributed by atoms with Crippen LogP contribution in [0.4, 0.5) is 0 Å². The van der Waals surface area contributed by atoms with E-state index >= 15 is 0 Å². The van der Waals surface area contributed by atoms with E-state index in [0.29, 0.717) is 5.70 Å². The highest BCUT2D eigenvalue weighted by Gasteiger charge is 2.13. The van der Waals surface area contributed by atoms with Crippen molar-refractivity contribution in [1.29, 1.82) is 0 Å². The van der Waals surface area contributed by atoms with Gasteiger partial charge in [0.25, 0.3) is 0 Å². The molecule has 0 spiro atoms. The molecule has 1 aliphatic carbocycles. The Labute approximate surface area is 95.1 Å². The third kappa shape index (κ3) is 2.29. The van der Waals surface area contributed by atoms with Crippen LogP contribution in [0.15, 0.2) is 59.0 Å². The van der Waals surface area contributed by atoms with Crippen molar-refractivity contribution in [2.45, 2.75) is 12.8 Å². The molecule has 0 atom stereocenters. The summed E-state index contributed by atoms with van der Waals surface area (Å²) in [6, 6.07) is 0. The molecule has 0 bridgehead atoms. The largest absolute Gasteiger partial charge is 0.396 e. The SMILES string of the molecule is CN1C=C=CC/C2=C(O1)/C(N)=C\C=C=CC2. The van der Waals surface area contributed by atoms with Gasteiger partial charge in [0, 0.05) is 7.05 Å². The number of hydroxylamine groups is 2. The van der Waals surface area contributed by atoms with Crippen molar-refractivity contribution in [2.24, 2.45) is 5.73 Å². The first kappa shape index (κ1) is 10.4. The van der Waals surface area contributed by atoms with E-state index in [2.05, 4.69) is 11.5 Å². The Morgan fingerprint density at radius 3 is 2.88 bits per heavy atom. The smallest absolute Gasteiger partial charge is 0.178 e. The average Bonchev–Trinajstić information content (AvgIpc) is 2.23. The van der Waals surface area contributed by atoms with Crippen molar-refractivity contribution in [3.8, 4) is 0 Å². The zero-order valence-corrected chi connectivity index (χ0v) is 9.23. The van der Waals surface area contributed by atoms with Gasteiger partial charge in [-0.3, -0.25) is 0 Å². The summed E-state index contributed by atoms with van der Waals surface area (Å²) in [5.41, 5.74) is 13.8. The van der Waals surface area contributed by atoms with Gasteiger partial charge in [-0.25, -0.2) is 5.06 Å². The lowest BCUT2D eigenvalue weighted by Crippen LogP contribution is -2.17. The topological polar surface area (TPSA) is 38.5 Å². The summed E-state index contributed by atoms with van der Waals surface area (Å²) in [6.07, 6.45) is 10.9. The molecule has 1 aliphatic heterocycles. The molecular weight excluding hydrogens is 200 g/mol. The van der Waals surface area contributed by atoms with Gasteiger partial charge in [0.15, 0.2) is 5.76 Å².